The first-order chi connectivity index (χ1) is 14.5. The zero-order valence-corrected chi connectivity index (χ0v) is 18.7. The second-order valence-electron chi connectivity index (χ2n) is 10.9. The number of carboxylic acid groups (broad SMARTS) is 1. The van der Waals surface area contributed by atoms with E-state index in [1.54, 1.807) is 0 Å². The summed E-state index contributed by atoms with van der Waals surface area (Å²) >= 11 is 1.29. The van der Waals surface area contributed by atoms with Gasteiger partial charge in [-0.1, -0.05) is 32.0 Å². The van der Waals surface area contributed by atoms with Gasteiger partial charge in [-0.15, -0.1) is 11.3 Å². The number of carboxylic acids is 1. The molecule has 164 valence electrons. The zero-order chi connectivity index (χ0) is 22.1. The van der Waals surface area contributed by atoms with Crippen LogP contribution < -0.4 is 5.32 Å². The van der Waals surface area contributed by atoms with Crippen LogP contribution in [0.1, 0.15) is 68.4 Å². The molecule has 4 fully saturated rings. The molecule has 2 aromatic rings. The SMILES string of the molecule is CC12CC3(C)CC(O)(C1)CC(C(=O)NCc1cccc(-c4nc(C(=O)O)cs4)c1)(C2)C3. The minimum Gasteiger partial charge on any atom is -0.476 e. The van der Waals surface area contributed by atoms with Crippen molar-refractivity contribution in [1.82, 2.24) is 10.3 Å². The highest BCUT2D eigenvalue weighted by molar-refractivity contribution is 7.13. The van der Waals surface area contributed by atoms with Gasteiger partial charge >= 0.3 is 5.97 Å². The Bertz CT molecular complexity index is 1020. The average Bonchev–Trinajstić information content (AvgIpc) is 3.13. The lowest BCUT2D eigenvalue weighted by atomic mass is 9.39. The Morgan fingerprint density at radius 2 is 1.81 bits per heavy atom. The van der Waals surface area contributed by atoms with E-state index < -0.39 is 17.0 Å². The summed E-state index contributed by atoms with van der Waals surface area (Å²) in [4.78, 5) is 28.7. The predicted molar refractivity (Wildman–Crippen MR) is 118 cm³/mol. The van der Waals surface area contributed by atoms with Crippen LogP contribution in [0.15, 0.2) is 29.6 Å². The van der Waals surface area contributed by atoms with E-state index in [9.17, 15) is 14.7 Å². The molecule has 4 saturated carbocycles. The molecule has 0 aliphatic heterocycles. The second kappa shape index (κ2) is 6.62. The summed E-state index contributed by atoms with van der Waals surface area (Å²) in [5.74, 6) is -0.985. The normalized spacial score (nSPS) is 35.8. The van der Waals surface area contributed by atoms with Crippen LogP contribution in [0.5, 0.6) is 0 Å². The van der Waals surface area contributed by atoms with Crippen LogP contribution in [0.25, 0.3) is 10.6 Å². The lowest BCUT2D eigenvalue weighted by Crippen LogP contribution is -2.66. The molecule has 0 radical (unpaired) electrons. The van der Waals surface area contributed by atoms with Gasteiger partial charge in [-0.05, 0) is 61.0 Å². The largest absolute Gasteiger partial charge is 0.476 e. The fourth-order valence-corrected chi connectivity index (χ4v) is 8.35. The molecule has 6 nitrogen and oxygen atoms in total. The molecule has 4 aliphatic carbocycles. The highest BCUT2D eigenvalue weighted by Crippen LogP contribution is 2.70. The smallest absolute Gasteiger partial charge is 0.355 e. The van der Waals surface area contributed by atoms with Gasteiger partial charge in [-0.3, -0.25) is 4.79 Å². The maximum Gasteiger partial charge on any atom is 0.355 e. The topological polar surface area (TPSA) is 99.5 Å². The summed E-state index contributed by atoms with van der Waals surface area (Å²) in [5, 5.41) is 25.6. The van der Waals surface area contributed by atoms with E-state index in [1.807, 2.05) is 24.3 Å². The molecule has 2 atom stereocenters. The standard InChI is InChI=1S/C24H28N2O4S/c1-21-9-22(2)11-23(10-21,14-24(30,12-21)13-22)20(29)25-7-15-4-3-5-16(6-15)18-26-17(8-31-18)19(27)28/h3-6,8,30H,7,9-14H2,1-2H3,(H,25,29)(H,27,28). The van der Waals surface area contributed by atoms with Crippen molar-refractivity contribution in [1.29, 1.82) is 0 Å². The molecule has 7 heteroatoms. The van der Waals surface area contributed by atoms with Crippen molar-refractivity contribution in [3.63, 3.8) is 0 Å². The van der Waals surface area contributed by atoms with E-state index in [-0.39, 0.29) is 22.4 Å². The number of aromatic carboxylic acids is 1. The fourth-order valence-electron chi connectivity index (χ4n) is 7.56. The summed E-state index contributed by atoms with van der Waals surface area (Å²) in [6.45, 7) is 4.87. The molecular weight excluding hydrogens is 412 g/mol. The van der Waals surface area contributed by atoms with Crippen LogP contribution in [0, 0.1) is 16.2 Å². The molecule has 3 N–H and O–H groups in total. The van der Waals surface area contributed by atoms with Crippen LogP contribution >= 0.6 is 11.3 Å². The van der Waals surface area contributed by atoms with E-state index >= 15 is 0 Å². The third kappa shape index (κ3) is 3.57. The van der Waals surface area contributed by atoms with Gasteiger partial charge in [0, 0.05) is 17.5 Å². The van der Waals surface area contributed by atoms with Gasteiger partial charge in [-0.2, -0.15) is 0 Å². The van der Waals surface area contributed by atoms with Crippen LogP contribution in [0.4, 0.5) is 0 Å². The minimum absolute atomic E-state index is 0.0300. The zero-order valence-electron chi connectivity index (χ0n) is 17.9. The van der Waals surface area contributed by atoms with Crippen molar-refractivity contribution in [2.75, 3.05) is 0 Å². The van der Waals surface area contributed by atoms with Gasteiger partial charge in [0.05, 0.1) is 11.0 Å². The minimum atomic E-state index is -1.04. The van der Waals surface area contributed by atoms with Crippen molar-refractivity contribution in [2.24, 2.45) is 16.2 Å². The number of carbonyl (C=O) groups excluding carboxylic acids is 1. The molecule has 2 unspecified atom stereocenters. The fraction of sp³-hybridized carbons (Fsp3) is 0.542. The lowest BCUT2D eigenvalue weighted by Gasteiger charge is -2.67. The molecule has 6 rings (SSSR count). The van der Waals surface area contributed by atoms with Crippen LogP contribution in [0.3, 0.4) is 0 Å². The summed E-state index contributed by atoms with van der Waals surface area (Å²) in [6.07, 6.45) is 4.96. The van der Waals surface area contributed by atoms with E-state index in [0.29, 0.717) is 18.0 Å². The van der Waals surface area contributed by atoms with Crippen molar-refractivity contribution in [3.8, 4) is 10.6 Å². The van der Waals surface area contributed by atoms with E-state index in [1.165, 1.54) is 16.7 Å². The van der Waals surface area contributed by atoms with E-state index in [2.05, 4.69) is 24.1 Å². The van der Waals surface area contributed by atoms with E-state index in [4.69, 9.17) is 5.11 Å². The molecule has 1 heterocycles. The number of nitrogens with zero attached hydrogens (tertiary/aromatic N) is 1. The number of benzene rings is 1. The van der Waals surface area contributed by atoms with Crippen molar-refractivity contribution >= 4 is 23.2 Å². The molecule has 1 amide bonds. The number of carbonyl (C=O) groups is 2. The third-order valence-electron chi connectivity index (χ3n) is 7.39. The monoisotopic (exact) mass is 440 g/mol. The Morgan fingerprint density at radius 3 is 2.42 bits per heavy atom. The molecule has 4 bridgehead atoms. The second-order valence-corrected chi connectivity index (χ2v) is 11.8. The quantitative estimate of drug-likeness (QED) is 0.646. The van der Waals surface area contributed by atoms with Gasteiger partial charge in [0.25, 0.3) is 0 Å². The first kappa shape index (κ1) is 20.6. The maximum atomic E-state index is 13.4. The van der Waals surface area contributed by atoms with Crippen molar-refractivity contribution in [3.05, 3.63) is 40.9 Å². The van der Waals surface area contributed by atoms with Crippen LogP contribution in [-0.4, -0.2) is 32.7 Å². The number of aliphatic hydroxyl groups is 1. The summed E-state index contributed by atoms with van der Waals surface area (Å²) in [7, 11) is 0. The van der Waals surface area contributed by atoms with Gasteiger partial charge in [0.2, 0.25) is 5.91 Å². The predicted octanol–water partition coefficient (Wildman–Crippen LogP) is 4.24. The third-order valence-corrected chi connectivity index (χ3v) is 8.29. The van der Waals surface area contributed by atoms with Gasteiger partial charge < -0.3 is 15.5 Å². The summed E-state index contributed by atoms with van der Waals surface area (Å²) < 4.78 is 0. The Balaban J connectivity index is 1.33. The van der Waals surface area contributed by atoms with Crippen molar-refractivity contribution in [2.45, 2.75) is 64.5 Å². The number of aromatic nitrogens is 1. The number of nitrogens with one attached hydrogen (secondary N) is 1. The van der Waals surface area contributed by atoms with Crippen LogP contribution in [0.2, 0.25) is 0 Å². The van der Waals surface area contributed by atoms with E-state index in [0.717, 1.165) is 43.2 Å². The number of rotatable bonds is 5. The van der Waals surface area contributed by atoms with Gasteiger partial charge in [-0.25, -0.2) is 9.78 Å². The molecule has 1 aromatic heterocycles. The van der Waals surface area contributed by atoms with Crippen molar-refractivity contribution < 1.29 is 19.8 Å². The highest BCUT2D eigenvalue weighted by Gasteiger charge is 2.67. The molecular formula is C24H28N2O4S. The Morgan fingerprint density at radius 1 is 1.10 bits per heavy atom. The summed E-state index contributed by atoms with van der Waals surface area (Å²) in [6, 6.07) is 7.69. The average molecular weight is 441 g/mol. The molecule has 0 saturated heterocycles. The van der Waals surface area contributed by atoms with Gasteiger partial charge in [0.1, 0.15) is 5.01 Å². The van der Waals surface area contributed by atoms with Crippen LogP contribution in [-0.2, 0) is 11.3 Å². The first-order valence-electron chi connectivity index (χ1n) is 10.8. The molecule has 4 aliphatic rings. The molecule has 1 aromatic carbocycles. The lowest BCUT2D eigenvalue weighted by molar-refractivity contribution is -0.223. The number of hydrogen-bond acceptors (Lipinski definition) is 5. The number of amides is 1. The Labute approximate surface area is 185 Å². The molecule has 31 heavy (non-hydrogen) atoms. The number of thiazole rings is 1. The van der Waals surface area contributed by atoms with Gasteiger partial charge in [0.15, 0.2) is 5.69 Å². The summed E-state index contributed by atoms with van der Waals surface area (Å²) in [5.41, 5.74) is 0.677. The number of hydrogen-bond donors (Lipinski definition) is 3. The highest BCUT2D eigenvalue weighted by atomic mass is 32.1. The Hall–Kier alpha value is -2.25. The Kier molecular flexibility index (Phi) is 4.41. The molecule has 0 spiro atoms. The first-order valence-corrected chi connectivity index (χ1v) is 11.7. The maximum absolute atomic E-state index is 13.4.